The van der Waals surface area contributed by atoms with Crippen LogP contribution in [-0.4, -0.2) is 11.9 Å². The highest BCUT2D eigenvalue weighted by molar-refractivity contribution is 8.78. The number of quaternary nitrogens is 2. The quantitative estimate of drug-likeness (QED) is 0.549. The molecular formula is C10H12N2O2S2. The summed E-state index contributed by atoms with van der Waals surface area (Å²) in [5.41, 5.74) is 0. The fraction of sp³-hybridized carbons (Fsp3) is 0.200. The van der Waals surface area contributed by atoms with E-state index < -0.39 is 0 Å². The first-order valence-corrected chi connectivity index (χ1v) is 7.11. The first-order chi connectivity index (χ1) is 7.77. The molecule has 0 bridgehead atoms. The Morgan fingerprint density at radius 3 is 2.88 bits per heavy atom. The van der Waals surface area contributed by atoms with E-state index in [9.17, 15) is 10.4 Å². The highest BCUT2D eigenvalue weighted by Crippen LogP contribution is 2.30. The van der Waals surface area contributed by atoms with Crippen molar-refractivity contribution in [3.8, 4) is 0 Å². The maximum atomic E-state index is 11.5. The summed E-state index contributed by atoms with van der Waals surface area (Å²) in [5, 5.41) is 23.7. The highest BCUT2D eigenvalue weighted by atomic mass is 33.1. The van der Waals surface area contributed by atoms with Crippen LogP contribution in [0.4, 0.5) is 0 Å². The van der Waals surface area contributed by atoms with E-state index in [0.717, 1.165) is 5.03 Å². The maximum absolute atomic E-state index is 11.5. The molecule has 0 aliphatic carbocycles. The minimum Gasteiger partial charge on any atom is -0.628 e. The van der Waals surface area contributed by atoms with Crippen molar-refractivity contribution in [2.75, 3.05) is 6.54 Å². The zero-order valence-electron chi connectivity index (χ0n) is 8.46. The first-order valence-electron chi connectivity index (χ1n) is 4.89. The molecule has 3 unspecified atom stereocenters. The number of nitrogens with one attached hydrogen (secondary N) is 2. The summed E-state index contributed by atoms with van der Waals surface area (Å²) in [6, 6.07) is 0. The average Bonchev–Trinajstić information content (AvgIpc) is 2.30. The summed E-state index contributed by atoms with van der Waals surface area (Å²) in [7, 11) is 2.81. The third-order valence-corrected chi connectivity index (χ3v) is 4.83. The van der Waals surface area contributed by atoms with Gasteiger partial charge in [0.05, 0.1) is 6.20 Å². The molecule has 6 heteroatoms. The van der Waals surface area contributed by atoms with Crippen LogP contribution < -0.4 is 10.1 Å². The zero-order chi connectivity index (χ0) is 11.4. The molecule has 2 aliphatic rings. The second-order valence-electron chi connectivity index (χ2n) is 3.33. The van der Waals surface area contributed by atoms with Crippen LogP contribution in [0.25, 0.3) is 0 Å². The van der Waals surface area contributed by atoms with Gasteiger partial charge in [0.1, 0.15) is 6.54 Å². The summed E-state index contributed by atoms with van der Waals surface area (Å²) in [6.45, 7) is 0.466. The first kappa shape index (κ1) is 12.0. The number of hydrogen-bond donors (Lipinski definition) is 2. The summed E-state index contributed by atoms with van der Waals surface area (Å²) in [6.07, 6.45) is 12.5. The Hall–Kier alpha value is -0.500. The lowest BCUT2D eigenvalue weighted by Gasteiger charge is -2.28. The van der Waals surface area contributed by atoms with Gasteiger partial charge in [-0.3, -0.25) is 0 Å². The molecule has 0 saturated carbocycles. The van der Waals surface area contributed by atoms with Gasteiger partial charge in [0.15, 0.2) is 10.4 Å². The Balaban J connectivity index is 1.87. The summed E-state index contributed by atoms with van der Waals surface area (Å²) < 4.78 is 0. The number of allylic oxidation sites excluding steroid dienone is 4. The maximum Gasteiger partial charge on any atom is 0.176 e. The standard InChI is InChI=1S/C10H12N2O2S2/c13-11-7-3-1-5-9(11)15-16-10-6-2-4-8-12(10)14/h1-7,9,11-12H,8H2. The molecule has 2 N–H and O–H groups in total. The van der Waals surface area contributed by atoms with Crippen LogP contribution in [0.15, 0.2) is 47.7 Å². The topological polar surface area (TPSA) is 55.0 Å². The van der Waals surface area contributed by atoms with Gasteiger partial charge in [-0.05, 0) is 29.0 Å². The van der Waals surface area contributed by atoms with Gasteiger partial charge in [-0.25, -0.2) is 0 Å². The van der Waals surface area contributed by atoms with Crippen molar-refractivity contribution in [2.45, 2.75) is 5.37 Å². The molecule has 2 rings (SSSR count). The zero-order valence-corrected chi connectivity index (χ0v) is 10.1. The summed E-state index contributed by atoms with van der Waals surface area (Å²) >= 11 is 0. The number of hydroxylamine groups is 4. The lowest BCUT2D eigenvalue weighted by molar-refractivity contribution is -0.796. The molecule has 3 atom stereocenters. The molecule has 0 saturated heterocycles. The van der Waals surface area contributed by atoms with E-state index in [1.807, 2.05) is 24.3 Å². The molecular weight excluding hydrogens is 244 g/mol. The normalized spacial score (nSPS) is 32.9. The van der Waals surface area contributed by atoms with E-state index >= 15 is 0 Å². The van der Waals surface area contributed by atoms with Crippen LogP contribution in [0, 0.1) is 10.4 Å². The largest absolute Gasteiger partial charge is 0.628 e. The molecule has 0 amide bonds. The van der Waals surface area contributed by atoms with E-state index in [2.05, 4.69) is 0 Å². The van der Waals surface area contributed by atoms with E-state index in [1.54, 1.807) is 18.4 Å². The van der Waals surface area contributed by atoms with Crippen molar-refractivity contribution in [2.24, 2.45) is 0 Å². The smallest absolute Gasteiger partial charge is 0.176 e. The van der Waals surface area contributed by atoms with Crippen LogP contribution in [-0.2, 0) is 0 Å². The molecule has 0 radical (unpaired) electrons. The molecule has 0 fully saturated rings. The molecule has 86 valence electrons. The Bertz CT molecular complexity index is 366. The third kappa shape index (κ3) is 3.00. The molecule has 0 aromatic rings. The van der Waals surface area contributed by atoms with Crippen LogP contribution in [0.1, 0.15) is 0 Å². The van der Waals surface area contributed by atoms with Crippen LogP contribution in [0.3, 0.4) is 0 Å². The van der Waals surface area contributed by atoms with Gasteiger partial charge in [0.2, 0.25) is 0 Å². The Labute approximate surface area is 102 Å². The number of rotatable bonds is 3. The van der Waals surface area contributed by atoms with E-state index in [-0.39, 0.29) is 15.5 Å². The fourth-order valence-electron chi connectivity index (χ4n) is 1.29. The van der Waals surface area contributed by atoms with Gasteiger partial charge in [0.25, 0.3) is 0 Å². The van der Waals surface area contributed by atoms with Crippen molar-refractivity contribution in [1.29, 1.82) is 0 Å². The van der Waals surface area contributed by atoms with Crippen LogP contribution >= 0.6 is 21.6 Å². The molecule has 0 spiro atoms. The second-order valence-corrected chi connectivity index (χ2v) is 5.72. The fourth-order valence-corrected chi connectivity index (χ4v) is 3.68. The lowest BCUT2D eigenvalue weighted by Crippen LogP contribution is -3.06. The highest BCUT2D eigenvalue weighted by Gasteiger charge is 2.18. The minimum atomic E-state index is -0.172. The van der Waals surface area contributed by atoms with Crippen LogP contribution in [0.5, 0.6) is 0 Å². The van der Waals surface area contributed by atoms with E-state index in [0.29, 0.717) is 6.54 Å². The molecule has 0 aromatic heterocycles. The van der Waals surface area contributed by atoms with Crippen molar-refractivity contribution in [3.05, 3.63) is 58.1 Å². The molecule has 0 aromatic carbocycles. The van der Waals surface area contributed by atoms with Crippen molar-refractivity contribution >= 4 is 21.6 Å². The predicted molar refractivity (Wildman–Crippen MR) is 68.0 cm³/mol. The van der Waals surface area contributed by atoms with Crippen molar-refractivity contribution in [3.63, 3.8) is 0 Å². The average molecular weight is 256 g/mol. The van der Waals surface area contributed by atoms with Crippen molar-refractivity contribution in [1.82, 2.24) is 0 Å². The summed E-state index contributed by atoms with van der Waals surface area (Å²) in [5.74, 6) is 0. The van der Waals surface area contributed by atoms with Gasteiger partial charge in [-0.1, -0.05) is 12.2 Å². The van der Waals surface area contributed by atoms with Crippen molar-refractivity contribution < 1.29 is 10.1 Å². The predicted octanol–water partition coefficient (Wildman–Crippen LogP) is -0.0460. The third-order valence-electron chi connectivity index (χ3n) is 2.14. The number of hydrogen-bond acceptors (Lipinski definition) is 4. The van der Waals surface area contributed by atoms with E-state index in [1.165, 1.54) is 21.6 Å². The van der Waals surface area contributed by atoms with Gasteiger partial charge in [-0.15, -0.1) is 0 Å². The van der Waals surface area contributed by atoms with E-state index in [4.69, 9.17) is 0 Å². The molecule has 4 nitrogen and oxygen atoms in total. The molecule has 2 heterocycles. The second kappa shape index (κ2) is 5.72. The SMILES string of the molecule is [O-][NH+]1CC=CC=C1SSC1C=CC=C[NH+]1[O-]. The Morgan fingerprint density at radius 2 is 2.12 bits per heavy atom. The molecule has 16 heavy (non-hydrogen) atoms. The van der Waals surface area contributed by atoms with Crippen LogP contribution in [0.2, 0.25) is 0 Å². The Morgan fingerprint density at radius 1 is 1.25 bits per heavy atom. The summed E-state index contributed by atoms with van der Waals surface area (Å²) in [4.78, 5) is 0. The van der Waals surface area contributed by atoms with Gasteiger partial charge >= 0.3 is 0 Å². The molecule has 2 aliphatic heterocycles. The van der Waals surface area contributed by atoms with Gasteiger partial charge in [-0.2, -0.15) is 0 Å². The van der Waals surface area contributed by atoms with Gasteiger partial charge in [0, 0.05) is 16.9 Å². The lowest BCUT2D eigenvalue weighted by atomic mass is 10.4. The minimum absolute atomic E-state index is 0.0828. The monoisotopic (exact) mass is 256 g/mol. The van der Waals surface area contributed by atoms with Gasteiger partial charge < -0.3 is 20.5 Å². The Kier molecular flexibility index (Phi) is 4.28.